The summed E-state index contributed by atoms with van der Waals surface area (Å²) < 4.78 is 18.7. The minimum atomic E-state index is -0.480. The number of hydrogen-bond donors (Lipinski definition) is 2. The standard InChI is InChI=1S/C15H14FNO3/c1-2-7-17-15(19)14-6-5-13(20-14)10-3-4-12(16)11(8-10)9-18/h2-6,8,18H,1,7,9H2,(H,17,19). The molecule has 20 heavy (non-hydrogen) atoms. The largest absolute Gasteiger partial charge is 0.451 e. The number of furan rings is 1. The van der Waals surface area contributed by atoms with Crippen LogP contribution in [0.3, 0.4) is 0 Å². The normalized spacial score (nSPS) is 10.3. The summed E-state index contributed by atoms with van der Waals surface area (Å²) in [5.74, 6) is -0.229. The Morgan fingerprint density at radius 3 is 2.90 bits per heavy atom. The van der Waals surface area contributed by atoms with Crippen LogP contribution < -0.4 is 5.32 Å². The number of rotatable bonds is 5. The molecule has 0 saturated carbocycles. The first-order valence-electron chi connectivity index (χ1n) is 6.04. The fraction of sp³-hybridized carbons (Fsp3) is 0.133. The maximum absolute atomic E-state index is 13.3. The molecule has 2 rings (SSSR count). The van der Waals surface area contributed by atoms with Crippen LogP contribution in [0, 0.1) is 5.82 Å². The molecule has 0 aliphatic carbocycles. The third-order valence-electron chi connectivity index (χ3n) is 2.74. The minimum absolute atomic E-state index is 0.164. The van der Waals surface area contributed by atoms with Gasteiger partial charge in [0.1, 0.15) is 11.6 Å². The number of hydrogen-bond acceptors (Lipinski definition) is 3. The van der Waals surface area contributed by atoms with Crippen molar-refractivity contribution in [2.75, 3.05) is 6.54 Å². The van der Waals surface area contributed by atoms with Gasteiger partial charge in [-0.25, -0.2) is 4.39 Å². The summed E-state index contributed by atoms with van der Waals surface area (Å²) in [6, 6.07) is 7.42. The van der Waals surface area contributed by atoms with Gasteiger partial charge in [0, 0.05) is 17.7 Å². The molecular weight excluding hydrogens is 261 g/mol. The lowest BCUT2D eigenvalue weighted by Gasteiger charge is -2.02. The number of halogens is 1. The van der Waals surface area contributed by atoms with E-state index in [0.717, 1.165) is 0 Å². The molecule has 0 aliphatic rings. The second-order valence-electron chi connectivity index (χ2n) is 4.13. The van der Waals surface area contributed by atoms with Gasteiger partial charge in [0.15, 0.2) is 5.76 Å². The summed E-state index contributed by atoms with van der Waals surface area (Å²) in [6.45, 7) is 3.45. The van der Waals surface area contributed by atoms with Gasteiger partial charge in [0.2, 0.25) is 0 Å². The molecule has 0 atom stereocenters. The Morgan fingerprint density at radius 2 is 2.20 bits per heavy atom. The Kier molecular flexibility index (Phi) is 4.32. The van der Waals surface area contributed by atoms with Gasteiger partial charge in [-0.1, -0.05) is 6.08 Å². The molecule has 0 aliphatic heterocycles. The molecule has 1 aromatic heterocycles. The van der Waals surface area contributed by atoms with Crippen molar-refractivity contribution in [2.24, 2.45) is 0 Å². The summed E-state index contributed by atoms with van der Waals surface area (Å²) in [6.07, 6.45) is 1.56. The molecule has 1 aromatic carbocycles. The molecule has 0 saturated heterocycles. The van der Waals surface area contributed by atoms with E-state index in [4.69, 9.17) is 9.52 Å². The number of aliphatic hydroxyl groups is 1. The lowest BCUT2D eigenvalue weighted by molar-refractivity contribution is 0.0931. The molecule has 1 amide bonds. The Hall–Kier alpha value is -2.40. The van der Waals surface area contributed by atoms with E-state index < -0.39 is 12.4 Å². The van der Waals surface area contributed by atoms with Crippen LogP contribution in [0.1, 0.15) is 16.1 Å². The predicted octanol–water partition coefficient (Wildman–Crippen LogP) is 2.49. The van der Waals surface area contributed by atoms with Crippen molar-refractivity contribution in [3.8, 4) is 11.3 Å². The second kappa shape index (κ2) is 6.16. The number of aliphatic hydroxyl groups excluding tert-OH is 1. The number of carbonyl (C=O) groups excluding carboxylic acids is 1. The number of nitrogens with one attached hydrogen (secondary N) is 1. The molecule has 4 nitrogen and oxygen atoms in total. The van der Waals surface area contributed by atoms with Crippen LogP contribution in [-0.2, 0) is 6.61 Å². The molecule has 104 valence electrons. The lowest BCUT2D eigenvalue weighted by atomic mass is 10.1. The Labute approximate surface area is 115 Å². The van der Waals surface area contributed by atoms with Crippen molar-refractivity contribution in [1.29, 1.82) is 0 Å². The summed E-state index contributed by atoms with van der Waals surface area (Å²) in [5.41, 5.74) is 0.773. The summed E-state index contributed by atoms with van der Waals surface area (Å²) in [7, 11) is 0. The van der Waals surface area contributed by atoms with Gasteiger partial charge >= 0.3 is 0 Å². The molecule has 0 bridgehead atoms. The first-order chi connectivity index (χ1) is 9.65. The highest BCUT2D eigenvalue weighted by Gasteiger charge is 2.12. The van der Waals surface area contributed by atoms with Gasteiger partial charge in [-0.05, 0) is 30.3 Å². The monoisotopic (exact) mass is 275 g/mol. The van der Waals surface area contributed by atoms with Crippen molar-refractivity contribution in [1.82, 2.24) is 5.32 Å². The van der Waals surface area contributed by atoms with Crippen molar-refractivity contribution >= 4 is 5.91 Å². The van der Waals surface area contributed by atoms with Crippen molar-refractivity contribution in [2.45, 2.75) is 6.61 Å². The Morgan fingerprint density at radius 1 is 1.40 bits per heavy atom. The van der Waals surface area contributed by atoms with Gasteiger partial charge in [0.25, 0.3) is 5.91 Å². The Bertz CT molecular complexity index is 634. The smallest absolute Gasteiger partial charge is 0.287 e. The van der Waals surface area contributed by atoms with E-state index in [1.165, 1.54) is 24.3 Å². The average molecular weight is 275 g/mol. The molecule has 0 unspecified atom stereocenters. The van der Waals surface area contributed by atoms with E-state index in [0.29, 0.717) is 17.9 Å². The molecule has 0 spiro atoms. The summed E-state index contributed by atoms with van der Waals surface area (Å²) in [5, 5.41) is 11.6. The van der Waals surface area contributed by atoms with E-state index >= 15 is 0 Å². The van der Waals surface area contributed by atoms with Gasteiger partial charge in [0.05, 0.1) is 6.61 Å². The van der Waals surface area contributed by atoms with Gasteiger partial charge in [-0.15, -0.1) is 6.58 Å². The zero-order chi connectivity index (χ0) is 14.5. The van der Waals surface area contributed by atoms with E-state index in [1.54, 1.807) is 12.1 Å². The maximum atomic E-state index is 13.3. The van der Waals surface area contributed by atoms with Crippen LogP contribution >= 0.6 is 0 Å². The quantitative estimate of drug-likeness (QED) is 0.824. The molecule has 2 N–H and O–H groups in total. The third-order valence-corrected chi connectivity index (χ3v) is 2.74. The van der Waals surface area contributed by atoms with Crippen LogP contribution in [0.5, 0.6) is 0 Å². The number of carbonyl (C=O) groups is 1. The minimum Gasteiger partial charge on any atom is -0.451 e. The molecule has 0 fully saturated rings. The van der Waals surface area contributed by atoms with Gasteiger partial charge in [-0.3, -0.25) is 4.79 Å². The summed E-state index contributed by atoms with van der Waals surface area (Å²) >= 11 is 0. The van der Waals surface area contributed by atoms with E-state index in [2.05, 4.69) is 11.9 Å². The van der Waals surface area contributed by atoms with Gasteiger partial charge in [-0.2, -0.15) is 0 Å². The molecule has 0 radical (unpaired) electrons. The zero-order valence-corrected chi connectivity index (χ0v) is 10.7. The first kappa shape index (κ1) is 14.0. The van der Waals surface area contributed by atoms with E-state index in [-0.39, 0.29) is 17.2 Å². The van der Waals surface area contributed by atoms with Gasteiger partial charge < -0.3 is 14.8 Å². The van der Waals surface area contributed by atoms with Crippen LogP contribution in [0.25, 0.3) is 11.3 Å². The molecule has 2 aromatic rings. The molecule has 5 heteroatoms. The topological polar surface area (TPSA) is 62.5 Å². The van der Waals surface area contributed by atoms with E-state index in [1.807, 2.05) is 0 Å². The fourth-order valence-electron chi connectivity index (χ4n) is 1.72. The average Bonchev–Trinajstić information content (AvgIpc) is 2.95. The second-order valence-corrected chi connectivity index (χ2v) is 4.13. The van der Waals surface area contributed by atoms with Crippen LogP contribution in [0.4, 0.5) is 4.39 Å². The van der Waals surface area contributed by atoms with Crippen LogP contribution in [0.2, 0.25) is 0 Å². The van der Waals surface area contributed by atoms with Crippen molar-refractivity contribution in [3.63, 3.8) is 0 Å². The maximum Gasteiger partial charge on any atom is 0.287 e. The Balaban J connectivity index is 2.24. The first-order valence-corrected chi connectivity index (χ1v) is 6.04. The van der Waals surface area contributed by atoms with Crippen LogP contribution in [0.15, 0.2) is 47.4 Å². The SMILES string of the molecule is C=CCNC(=O)c1ccc(-c2ccc(F)c(CO)c2)o1. The fourth-order valence-corrected chi connectivity index (χ4v) is 1.72. The van der Waals surface area contributed by atoms with Crippen molar-refractivity contribution in [3.05, 3.63) is 60.1 Å². The summed E-state index contributed by atoms with van der Waals surface area (Å²) in [4.78, 5) is 11.7. The highest BCUT2D eigenvalue weighted by Crippen LogP contribution is 2.24. The third kappa shape index (κ3) is 2.95. The lowest BCUT2D eigenvalue weighted by Crippen LogP contribution is -2.22. The predicted molar refractivity (Wildman–Crippen MR) is 72.6 cm³/mol. The molecule has 1 heterocycles. The highest BCUT2D eigenvalue weighted by atomic mass is 19.1. The number of benzene rings is 1. The highest BCUT2D eigenvalue weighted by molar-refractivity contribution is 5.92. The van der Waals surface area contributed by atoms with Crippen molar-refractivity contribution < 1.29 is 18.7 Å². The van der Waals surface area contributed by atoms with Crippen LogP contribution in [-0.4, -0.2) is 17.6 Å². The number of amides is 1. The zero-order valence-electron chi connectivity index (χ0n) is 10.7. The van der Waals surface area contributed by atoms with E-state index in [9.17, 15) is 9.18 Å². The molecular formula is C15H14FNO3.